The van der Waals surface area contributed by atoms with Crippen molar-refractivity contribution in [1.29, 1.82) is 0 Å². The zero-order chi connectivity index (χ0) is 26.7. The summed E-state index contributed by atoms with van der Waals surface area (Å²) in [5.74, 6) is 0. The Morgan fingerprint density at radius 1 is 0.216 bits per heavy atom. The fraction of sp³-hybridized carbons (Fsp3) is 1.00. The second-order valence-electron chi connectivity index (χ2n) is 12.7. The molecule has 0 aromatic rings. The standard InChI is InChI=1S/2C18H37.Hg/c2*1-3-5-7-9-11-13-15-17-18-16-14-12-10-8-6-4-2;/h2*1,3-18H2,2H3;. The van der Waals surface area contributed by atoms with Gasteiger partial charge in [-0.15, -0.1) is 0 Å². The van der Waals surface area contributed by atoms with Crippen molar-refractivity contribution in [3.63, 3.8) is 0 Å². The Kier molecular flexibility index (Phi) is 37.9. The Hall–Kier alpha value is 0.935. The Balaban J connectivity index is 3.00. The summed E-state index contributed by atoms with van der Waals surface area (Å²) in [5, 5.41) is 0. The summed E-state index contributed by atoms with van der Waals surface area (Å²) in [7, 11) is 0. The Bertz CT molecular complexity index is 332. The van der Waals surface area contributed by atoms with Gasteiger partial charge in [-0.3, -0.25) is 0 Å². The van der Waals surface area contributed by atoms with Crippen LogP contribution in [0.15, 0.2) is 0 Å². The molecule has 0 aromatic heterocycles. The van der Waals surface area contributed by atoms with Crippen molar-refractivity contribution in [3.05, 3.63) is 0 Å². The van der Waals surface area contributed by atoms with Crippen LogP contribution >= 0.6 is 0 Å². The zero-order valence-corrected chi connectivity index (χ0v) is 32.2. The molecule has 0 unspecified atom stereocenters. The SMILES string of the molecule is CCCCCCCCCCCCCCCCC[CH2][Hg][CH2]CCCCCCCCCCCCCCCCC. The second-order valence-corrected chi connectivity index (χ2v) is 20.9. The van der Waals surface area contributed by atoms with E-state index in [1.165, 1.54) is 180 Å². The molecule has 0 saturated carbocycles. The zero-order valence-electron chi connectivity index (χ0n) is 26.7. The summed E-state index contributed by atoms with van der Waals surface area (Å²) in [4.78, 5) is 0. The molecule has 0 N–H and O–H groups in total. The van der Waals surface area contributed by atoms with Crippen molar-refractivity contribution in [3.8, 4) is 0 Å². The van der Waals surface area contributed by atoms with Crippen molar-refractivity contribution in [2.24, 2.45) is 0 Å². The first-order valence-corrected chi connectivity index (χ1v) is 26.2. The molecule has 0 atom stereocenters. The molecular weight excluding hydrogens is 633 g/mol. The van der Waals surface area contributed by atoms with Gasteiger partial charge in [-0.25, -0.2) is 0 Å². The van der Waals surface area contributed by atoms with Crippen LogP contribution in [-0.4, -0.2) is 0 Å². The van der Waals surface area contributed by atoms with E-state index in [0.29, 0.717) is 0 Å². The van der Waals surface area contributed by atoms with Crippen LogP contribution in [0.2, 0.25) is 7.86 Å². The molecule has 1 heteroatoms. The summed E-state index contributed by atoms with van der Waals surface area (Å²) >= 11 is -0.447. The normalized spacial score (nSPS) is 11.3. The van der Waals surface area contributed by atoms with Crippen LogP contribution < -0.4 is 0 Å². The summed E-state index contributed by atoms with van der Waals surface area (Å²) < 4.78 is 3.44. The van der Waals surface area contributed by atoms with Crippen LogP contribution in [0.5, 0.6) is 0 Å². The Morgan fingerprint density at radius 2 is 0.378 bits per heavy atom. The fourth-order valence-corrected chi connectivity index (χ4v) is 12.9. The maximum absolute atomic E-state index is 2.31. The van der Waals surface area contributed by atoms with Gasteiger partial charge in [0.1, 0.15) is 0 Å². The number of hydrogen-bond donors (Lipinski definition) is 0. The van der Waals surface area contributed by atoms with Crippen molar-refractivity contribution >= 4 is 0 Å². The molecule has 0 amide bonds. The molecule has 0 nitrogen and oxygen atoms in total. The van der Waals surface area contributed by atoms with Gasteiger partial charge in [0.05, 0.1) is 0 Å². The van der Waals surface area contributed by atoms with E-state index in [-0.39, 0.29) is 0 Å². The fourth-order valence-electron chi connectivity index (χ4n) is 5.98. The number of unbranched alkanes of at least 4 members (excludes halogenated alkanes) is 30. The minimum Gasteiger partial charge on any atom is -0.0654 e. The minimum absolute atomic E-state index is 0.447. The van der Waals surface area contributed by atoms with E-state index >= 15 is 0 Å². The van der Waals surface area contributed by atoms with Gasteiger partial charge < -0.3 is 0 Å². The predicted molar refractivity (Wildman–Crippen MR) is 169 cm³/mol. The molecule has 0 aliphatic heterocycles. The van der Waals surface area contributed by atoms with E-state index in [0.717, 1.165) is 0 Å². The van der Waals surface area contributed by atoms with Gasteiger partial charge in [-0.05, 0) is 0 Å². The van der Waals surface area contributed by atoms with Crippen LogP contribution in [-0.2, 0) is 24.6 Å². The molecule has 0 rings (SSSR count). The molecule has 0 bridgehead atoms. The number of hydrogen-bond acceptors (Lipinski definition) is 0. The number of rotatable bonds is 34. The monoisotopic (exact) mass is 709 g/mol. The van der Waals surface area contributed by atoms with Gasteiger partial charge in [0.25, 0.3) is 0 Å². The first-order valence-electron chi connectivity index (χ1n) is 18.4. The summed E-state index contributed by atoms with van der Waals surface area (Å²) in [6.07, 6.45) is 48.0. The van der Waals surface area contributed by atoms with Crippen LogP contribution in [0.3, 0.4) is 0 Å². The van der Waals surface area contributed by atoms with Crippen molar-refractivity contribution in [2.45, 2.75) is 227 Å². The average molecular weight is 708 g/mol. The third kappa shape index (κ3) is 36.9. The van der Waals surface area contributed by atoms with Crippen molar-refractivity contribution < 1.29 is 24.6 Å². The summed E-state index contributed by atoms with van der Waals surface area (Å²) in [6.45, 7) is 4.62. The third-order valence-electron chi connectivity index (χ3n) is 8.71. The van der Waals surface area contributed by atoms with E-state index in [2.05, 4.69) is 13.8 Å². The van der Waals surface area contributed by atoms with E-state index in [1.54, 1.807) is 33.5 Å². The smallest absolute Gasteiger partial charge is 0.0654 e. The molecule has 0 saturated heterocycles. The molecule has 0 aromatic carbocycles. The molecule has 0 heterocycles. The van der Waals surface area contributed by atoms with Gasteiger partial charge >= 0.3 is 174 Å². The topological polar surface area (TPSA) is 0 Å². The van der Waals surface area contributed by atoms with Crippen molar-refractivity contribution in [2.75, 3.05) is 0 Å². The van der Waals surface area contributed by atoms with E-state index in [4.69, 9.17) is 0 Å². The maximum atomic E-state index is 2.31. The average Bonchev–Trinajstić information content (AvgIpc) is 2.91. The van der Waals surface area contributed by atoms with Crippen LogP contribution in [0.4, 0.5) is 0 Å². The van der Waals surface area contributed by atoms with Gasteiger partial charge in [0.2, 0.25) is 0 Å². The quantitative estimate of drug-likeness (QED) is 0.0461. The Labute approximate surface area is 250 Å². The van der Waals surface area contributed by atoms with Gasteiger partial charge in [-0.2, -0.15) is 0 Å². The summed E-state index contributed by atoms with van der Waals surface area (Å²) in [6, 6.07) is 0. The van der Waals surface area contributed by atoms with Gasteiger partial charge in [-0.1, -0.05) is 78.1 Å². The predicted octanol–water partition coefficient (Wildman–Crippen LogP) is 14.4. The minimum atomic E-state index is -0.447. The molecule has 37 heavy (non-hydrogen) atoms. The van der Waals surface area contributed by atoms with E-state index in [1.807, 2.05) is 0 Å². The van der Waals surface area contributed by atoms with Gasteiger partial charge in [0, 0.05) is 0 Å². The second kappa shape index (κ2) is 36.9. The molecule has 0 radical (unpaired) electrons. The molecule has 220 valence electrons. The van der Waals surface area contributed by atoms with E-state index in [9.17, 15) is 0 Å². The third-order valence-corrected chi connectivity index (χ3v) is 16.5. The van der Waals surface area contributed by atoms with Crippen LogP contribution in [0.25, 0.3) is 0 Å². The molecule has 0 spiro atoms. The van der Waals surface area contributed by atoms with Crippen LogP contribution in [0.1, 0.15) is 219 Å². The van der Waals surface area contributed by atoms with Gasteiger partial charge in [0.15, 0.2) is 0 Å². The van der Waals surface area contributed by atoms with Crippen molar-refractivity contribution in [1.82, 2.24) is 0 Å². The molecule has 0 aliphatic carbocycles. The van der Waals surface area contributed by atoms with E-state index < -0.39 is 24.6 Å². The first kappa shape index (κ1) is 37.9. The summed E-state index contributed by atoms with van der Waals surface area (Å²) in [5.41, 5.74) is 0. The first-order chi connectivity index (χ1) is 18.4. The molecule has 0 aliphatic rings. The van der Waals surface area contributed by atoms with Crippen LogP contribution in [0, 0.1) is 0 Å². The molecular formula is C36H74Hg. The Morgan fingerprint density at radius 3 is 0.568 bits per heavy atom. The molecule has 0 fully saturated rings.